The van der Waals surface area contributed by atoms with Crippen molar-refractivity contribution in [3.63, 3.8) is 0 Å². The van der Waals surface area contributed by atoms with Crippen molar-refractivity contribution < 1.29 is 14.5 Å². The summed E-state index contributed by atoms with van der Waals surface area (Å²) in [6, 6.07) is 19.9. The minimum absolute atomic E-state index is 0.00922. The maximum absolute atomic E-state index is 13.4. The first kappa shape index (κ1) is 24.0. The fourth-order valence-corrected chi connectivity index (χ4v) is 4.39. The van der Waals surface area contributed by atoms with Crippen LogP contribution in [-0.2, 0) is 4.79 Å². The molecule has 4 rings (SSSR count). The molecule has 9 nitrogen and oxygen atoms in total. The summed E-state index contributed by atoms with van der Waals surface area (Å²) in [5.41, 5.74) is 1.38. The van der Waals surface area contributed by atoms with E-state index in [4.69, 9.17) is 4.74 Å². The standard InChI is InChI=1S/C25H22N4O5S/c1-3-34-20-14-12-18(13-15-20)28-24(31)21-6-4-5-7-22(21)26-25(28)35-16-23(30)27(2)17-8-10-19(11-9-17)29(32)33/h4-15H,3,16H2,1-2H3. The summed E-state index contributed by atoms with van der Waals surface area (Å²) >= 11 is 1.15. The van der Waals surface area contributed by atoms with Gasteiger partial charge in [0, 0.05) is 24.9 Å². The molecule has 178 valence electrons. The topological polar surface area (TPSA) is 108 Å². The quantitative estimate of drug-likeness (QED) is 0.155. The first-order chi connectivity index (χ1) is 16.9. The number of aromatic nitrogens is 2. The number of carbonyl (C=O) groups is 1. The van der Waals surface area contributed by atoms with Crippen molar-refractivity contribution >= 4 is 39.9 Å². The van der Waals surface area contributed by atoms with E-state index in [1.807, 2.05) is 6.92 Å². The molecular weight excluding hydrogens is 468 g/mol. The Morgan fingerprint density at radius 1 is 1.09 bits per heavy atom. The van der Waals surface area contributed by atoms with Gasteiger partial charge >= 0.3 is 0 Å². The average molecular weight is 491 g/mol. The van der Waals surface area contributed by atoms with Crippen LogP contribution in [0.3, 0.4) is 0 Å². The molecule has 1 aromatic heterocycles. The minimum atomic E-state index is -0.493. The molecule has 35 heavy (non-hydrogen) atoms. The van der Waals surface area contributed by atoms with Crippen molar-refractivity contribution in [3.8, 4) is 11.4 Å². The van der Waals surface area contributed by atoms with Gasteiger partial charge in [0.1, 0.15) is 5.75 Å². The largest absolute Gasteiger partial charge is 0.494 e. The zero-order chi connectivity index (χ0) is 24.9. The molecule has 0 fully saturated rings. The third-order valence-electron chi connectivity index (χ3n) is 5.30. The van der Waals surface area contributed by atoms with E-state index < -0.39 is 4.92 Å². The summed E-state index contributed by atoms with van der Waals surface area (Å²) in [7, 11) is 1.59. The molecule has 0 N–H and O–H groups in total. The average Bonchev–Trinajstić information content (AvgIpc) is 2.88. The first-order valence-electron chi connectivity index (χ1n) is 10.8. The number of nitro benzene ring substituents is 1. The Kier molecular flexibility index (Phi) is 7.11. The van der Waals surface area contributed by atoms with E-state index in [1.54, 1.807) is 55.6 Å². The second-order valence-electron chi connectivity index (χ2n) is 7.49. The number of hydrogen-bond acceptors (Lipinski definition) is 7. The highest BCUT2D eigenvalue weighted by Gasteiger charge is 2.18. The number of para-hydroxylation sites is 1. The lowest BCUT2D eigenvalue weighted by Crippen LogP contribution is -2.28. The van der Waals surface area contributed by atoms with E-state index in [2.05, 4.69) is 4.98 Å². The Balaban J connectivity index is 1.63. The number of thioether (sulfide) groups is 1. The van der Waals surface area contributed by atoms with Gasteiger partial charge in [-0.15, -0.1) is 0 Å². The summed E-state index contributed by atoms with van der Waals surface area (Å²) in [6.45, 7) is 2.42. The third kappa shape index (κ3) is 5.17. The van der Waals surface area contributed by atoms with Crippen molar-refractivity contribution in [1.29, 1.82) is 0 Å². The van der Waals surface area contributed by atoms with E-state index in [1.165, 1.54) is 33.7 Å². The van der Waals surface area contributed by atoms with E-state index in [0.29, 0.717) is 39.8 Å². The molecule has 0 radical (unpaired) electrons. The lowest BCUT2D eigenvalue weighted by molar-refractivity contribution is -0.384. The number of nitro groups is 1. The van der Waals surface area contributed by atoms with E-state index >= 15 is 0 Å². The predicted molar refractivity (Wildman–Crippen MR) is 136 cm³/mol. The van der Waals surface area contributed by atoms with Crippen LogP contribution in [0.4, 0.5) is 11.4 Å². The molecule has 1 amide bonds. The highest BCUT2D eigenvalue weighted by Crippen LogP contribution is 2.24. The molecule has 4 aromatic rings. The Labute approximate surface area is 205 Å². The Morgan fingerprint density at radius 2 is 1.77 bits per heavy atom. The number of non-ortho nitro benzene ring substituents is 1. The van der Waals surface area contributed by atoms with Crippen molar-refractivity contribution in [3.05, 3.63) is 93.3 Å². The van der Waals surface area contributed by atoms with Crippen LogP contribution < -0.4 is 15.2 Å². The third-order valence-corrected chi connectivity index (χ3v) is 6.22. The summed E-state index contributed by atoms with van der Waals surface area (Å²) in [5.74, 6) is 0.451. The normalized spacial score (nSPS) is 10.8. The summed E-state index contributed by atoms with van der Waals surface area (Å²) in [4.78, 5) is 42.7. The van der Waals surface area contributed by atoms with Gasteiger partial charge in [0.25, 0.3) is 11.2 Å². The molecule has 3 aromatic carbocycles. The van der Waals surface area contributed by atoms with Gasteiger partial charge in [-0.25, -0.2) is 4.98 Å². The van der Waals surface area contributed by atoms with Gasteiger partial charge in [0.05, 0.1) is 33.9 Å². The summed E-state index contributed by atoms with van der Waals surface area (Å²) < 4.78 is 6.99. The molecule has 0 spiro atoms. The number of carbonyl (C=O) groups excluding carboxylic acids is 1. The molecule has 0 saturated carbocycles. The Bertz CT molecular complexity index is 1440. The maximum atomic E-state index is 13.4. The van der Waals surface area contributed by atoms with Crippen molar-refractivity contribution in [2.45, 2.75) is 12.1 Å². The van der Waals surface area contributed by atoms with Crippen LogP contribution in [0.5, 0.6) is 5.75 Å². The number of fused-ring (bicyclic) bond motifs is 1. The Hall–Kier alpha value is -4.18. The summed E-state index contributed by atoms with van der Waals surface area (Å²) in [5, 5.41) is 11.7. The smallest absolute Gasteiger partial charge is 0.269 e. The second-order valence-corrected chi connectivity index (χ2v) is 8.44. The number of benzene rings is 3. The van der Waals surface area contributed by atoms with Gasteiger partial charge in [-0.05, 0) is 55.5 Å². The lowest BCUT2D eigenvalue weighted by Gasteiger charge is -2.18. The molecule has 0 aliphatic carbocycles. The molecule has 0 aliphatic rings. The van der Waals surface area contributed by atoms with Crippen LogP contribution in [0.25, 0.3) is 16.6 Å². The predicted octanol–water partition coefficient (Wildman–Crippen LogP) is 4.45. The SMILES string of the molecule is CCOc1ccc(-n2c(SCC(=O)N(C)c3ccc([N+](=O)[O-])cc3)nc3ccccc3c2=O)cc1. The lowest BCUT2D eigenvalue weighted by atomic mass is 10.2. The van der Waals surface area contributed by atoms with Gasteiger partial charge in [0.15, 0.2) is 5.16 Å². The fourth-order valence-electron chi connectivity index (χ4n) is 3.46. The Morgan fingerprint density at radius 3 is 2.43 bits per heavy atom. The van der Waals surface area contributed by atoms with E-state index in [-0.39, 0.29) is 22.9 Å². The molecule has 0 atom stereocenters. The van der Waals surface area contributed by atoms with Gasteiger partial charge < -0.3 is 9.64 Å². The number of nitrogens with zero attached hydrogens (tertiary/aromatic N) is 4. The molecule has 1 heterocycles. The first-order valence-corrected chi connectivity index (χ1v) is 11.8. The van der Waals surface area contributed by atoms with Crippen LogP contribution in [0.1, 0.15) is 6.92 Å². The van der Waals surface area contributed by atoms with Gasteiger partial charge in [-0.2, -0.15) is 0 Å². The second kappa shape index (κ2) is 10.4. The van der Waals surface area contributed by atoms with Crippen LogP contribution in [0, 0.1) is 10.1 Å². The van der Waals surface area contributed by atoms with Crippen molar-refractivity contribution in [2.75, 3.05) is 24.3 Å². The highest BCUT2D eigenvalue weighted by molar-refractivity contribution is 7.99. The monoisotopic (exact) mass is 490 g/mol. The van der Waals surface area contributed by atoms with Crippen molar-refractivity contribution in [1.82, 2.24) is 9.55 Å². The van der Waals surface area contributed by atoms with Crippen molar-refractivity contribution in [2.24, 2.45) is 0 Å². The molecule has 0 saturated heterocycles. The van der Waals surface area contributed by atoms with E-state index in [9.17, 15) is 19.7 Å². The van der Waals surface area contributed by atoms with Gasteiger partial charge in [-0.1, -0.05) is 23.9 Å². The molecule has 0 bridgehead atoms. The highest BCUT2D eigenvalue weighted by atomic mass is 32.2. The number of ether oxygens (including phenoxy) is 1. The zero-order valence-electron chi connectivity index (χ0n) is 19.1. The van der Waals surface area contributed by atoms with Crippen LogP contribution in [-0.4, -0.2) is 39.8 Å². The van der Waals surface area contributed by atoms with E-state index in [0.717, 1.165) is 11.8 Å². The van der Waals surface area contributed by atoms with Crippen LogP contribution in [0.15, 0.2) is 82.7 Å². The molecule has 10 heteroatoms. The summed E-state index contributed by atoms with van der Waals surface area (Å²) in [6.07, 6.45) is 0. The number of rotatable bonds is 8. The van der Waals surface area contributed by atoms with Gasteiger partial charge in [-0.3, -0.25) is 24.3 Å². The maximum Gasteiger partial charge on any atom is 0.269 e. The minimum Gasteiger partial charge on any atom is -0.494 e. The molecular formula is C25H22N4O5S. The van der Waals surface area contributed by atoms with Crippen LogP contribution >= 0.6 is 11.8 Å². The number of anilines is 1. The fraction of sp³-hybridized carbons (Fsp3) is 0.160. The van der Waals surface area contributed by atoms with Crippen LogP contribution in [0.2, 0.25) is 0 Å². The zero-order valence-corrected chi connectivity index (χ0v) is 19.9. The number of hydrogen-bond donors (Lipinski definition) is 0. The molecule has 0 unspecified atom stereocenters. The van der Waals surface area contributed by atoms with Gasteiger partial charge in [0.2, 0.25) is 5.91 Å². The number of amides is 1. The molecule has 0 aliphatic heterocycles.